The molecule has 1 heterocycles. The Labute approximate surface area is 96.4 Å². The molecule has 0 radical (unpaired) electrons. The largest absolute Gasteiger partial charge is 0.385 e. The Hall–Kier alpha value is -1.36. The SMILES string of the molecule is CCc1c(N)ncnc1NC(C)CCOC. The van der Waals surface area contributed by atoms with Crippen molar-refractivity contribution in [3.63, 3.8) is 0 Å². The third-order valence-corrected chi connectivity index (χ3v) is 2.47. The molecule has 0 saturated heterocycles. The van der Waals surface area contributed by atoms with Gasteiger partial charge in [0.05, 0.1) is 0 Å². The number of methoxy groups -OCH3 is 1. The Morgan fingerprint density at radius 1 is 1.50 bits per heavy atom. The van der Waals surface area contributed by atoms with Crippen LogP contribution in [0.25, 0.3) is 0 Å². The molecule has 0 aromatic carbocycles. The summed E-state index contributed by atoms with van der Waals surface area (Å²) < 4.78 is 5.03. The van der Waals surface area contributed by atoms with Crippen LogP contribution in [0.4, 0.5) is 11.6 Å². The van der Waals surface area contributed by atoms with Gasteiger partial charge in [-0.2, -0.15) is 0 Å². The van der Waals surface area contributed by atoms with Gasteiger partial charge >= 0.3 is 0 Å². The summed E-state index contributed by atoms with van der Waals surface area (Å²) in [5.74, 6) is 1.39. The monoisotopic (exact) mass is 224 g/mol. The van der Waals surface area contributed by atoms with Gasteiger partial charge in [-0.3, -0.25) is 0 Å². The number of nitrogens with zero attached hydrogens (tertiary/aromatic N) is 2. The van der Waals surface area contributed by atoms with Crippen molar-refractivity contribution >= 4 is 11.6 Å². The molecule has 0 aliphatic carbocycles. The summed E-state index contributed by atoms with van der Waals surface area (Å²) in [5, 5.41) is 3.33. The predicted molar refractivity (Wildman–Crippen MR) is 65.4 cm³/mol. The second-order valence-electron chi connectivity index (χ2n) is 3.77. The fourth-order valence-corrected chi connectivity index (χ4v) is 1.50. The zero-order chi connectivity index (χ0) is 12.0. The van der Waals surface area contributed by atoms with Crippen LogP contribution < -0.4 is 11.1 Å². The van der Waals surface area contributed by atoms with E-state index in [4.69, 9.17) is 10.5 Å². The topological polar surface area (TPSA) is 73.1 Å². The molecule has 0 bridgehead atoms. The number of rotatable bonds is 6. The molecule has 0 aliphatic rings. The van der Waals surface area contributed by atoms with Crippen molar-refractivity contribution in [1.82, 2.24) is 9.97 Å². The first kappa shape index (κ1) is 12.7. The van der Waals surface area contributed by atoms with Crippen LogP contribution in [-0.2, 0) is 11.2 Å². The first-order chi connectivity index (χ1) is 7.69. The van der Waals surface area contributed by atoms with Crippen LogP contribution in [0, 0.1) is 0 Å². The van der Waals surface area contributed by atoms with Gasteiger partial charge in [0.25, 0.3) is 0 Å². The second-order valence-corrected chi connectivity index (χ2v) is 3.77. The highest BCUT2D eigenvalue weighted by Crippen LogP contribution is 2.18. The van der Waals surface area contributed by atoms with Crippen molar-refractivity contribution in [3.8, 4) is 0 Å². The van der Waals surface area contributed by atoms with Gasteiger partial charge in [-0.1, -0.05) is 6.92 Å². The highest BCUT2D eigenvalue weighted by atomic mass is 16.5. The molecule has 1 atom stereocenters. The predicted octanol–water partition coefficient (Wildman–Crippen LogP) is 1.46. The van der Waals surface area contributed by atoms with Crippen LogP contribution in [-0.4, -0.2) is 29.7 Å². The number of hydrogen-bond donors (Lipinski definition) is 2. The van der Waals surface area contributed by atoms with Gasteiger partial charge in [0.15, 0.2) is 0 Å². The van der Waals surface area contributed by atoms with E-state index in [2.05, 4.69) is 22.2 Å². The number of nitrogens with two attached hydrogens (primary N) is 1. The average molecular weight is 224 g/mol. The van der Waals surface area contributed by atoms with E-state index < -0.39 is 0 Å². The van der Waals surface area contributed by atoms with Gasteiger partial charge in [-0.05, 0) is 19.8 Å². The minimum absolute atomic E-state index is 0.305. The smallest absolute Gasteiger partial charge is 0.134 e. The molecule has 16 heavy (non-hydrogen) atoms. The highest BCUT2D eigenvalue weighted by molar-refractivity contribution is 5.55. The Kier molecular flexibility index (Phi) is 4.98. The molecular weight excluding hydrogens is 204 g/mol. The van der Waals surface area contributed by atoms with Crippen LogP contribution in [0.15, 0.2) is 6.33 Å². The minimum Gasteiger partial charge on any atom is -0.385 e. The normalized spacial score (nSPS) is 12.4. The molecule has 5 nitrogen and oxygen atoms in total. The number of anilines is 2. The van der Waals surface area contributed by atoms with E-state index in [-0.39, 0.29) is 0 Å². The van der Waals surface area contributed by atoms with Crippen LogP contribution in [0.5, 0.6) is 0 Å². The average Bonchev–Trinajstić information content (AvgIpc) is 2.27. The maximum Gasteiger partial charge on any atom is 0.134 e. The van der Waals surface area contributed by atoms with Gasteiger partial charge in [0, 0.05) is 25.3 Å². The summed E-state index contributed by atoms with van der Waals surface area (Å²) in [4.78, 5) is 8.20. The number of nitrogen functional groups attached to an aromatic ring is 1. The van der Waals surface area contributed by atoms with Gasteiger partial charge in [-0.15, -0.1) is 0 Å². The van der Waals surface area contributed by atoms with Gasteiger partial charge in [0.2, 0.25) is 0 Å². The lowest BCUT2D eigenvalue weighted by atomic mass is 10.2. The Bertz CT molecular complexity index is 330. The summed E-state index contributed by atoms with van der Waals surface area (Å²) >= 11 is 0. The lowest BCUT2D eigenvalue weighted by molar-refractivity contribution is 0.191. The van der Waals surface area contributed by atoms with E-state index in [1.807, 2.05) is 6.92 Å². The Morgan fingerprint density at radius 2 is 2.25 bits per heavy atom. The van der Waals surface area contributed by atoms with Crippen LogP contribution in [0.3, 0.4) is 0 Å². The van der Waals surface area contributed by atoms with Crippen molar-refractivity contribution < 1.29 is 4.74 Å². The zero-order valence-electron chi connectivity index (χ0n) is 10.2. The fourth-order valence-electron chi connectivity index (χ4n) is 1.50. The van der Waals surface area contributed by atoms with Crippen molar-refractivity contribution in [2.45, 2.75) is 32.7 Å². The molecule has 0 saturated carbocycles. The number of aromatic nitrogens is 2. The van der Waals surface area contributed by atoms with Gasteiger partial charge in [-0.25, -0.2) is 9.97 Å². The first-order valence-electron chi connectivity index (χ1n) is 5.53. The molecule has 1 aromatic rings. The molecule has 3 N–H and O–H groups in total. The highest BCUT2D eigenvalue weighted by Gasteiger charge is 2.09. The molecule has 1 rings (SSSR count). The van der Waals surface area contributed by atoms with Crippen LogP contribution in [0.1, 0.15) is 25.8 Å². The van der Waals surface area contributed by atoms with Crippen molar-refractivity contribution in [1.29, 1.82) is 0 Å². The standard InChI is InChI=1S/C11H20N4O/c1-4-9-10(12)13-7-14-11(9)15-8(2)5-6-16-3/h7-8H,4-6H2,1-3H3,(H3,12,13,14,15). The number of ether oxygens (including phenoxy) is 1. The first-order valence-corrected chi connectivity index (χ1v) is 5.53. The maximum absolute atomic E-state index is 5.79. The summed E-state index contributed by atoms with van der Waals surface area (Å²) in [5.41, 5.74) is 6.77. The van der Waals surface area contributed by atoms with Crippen LogP contribution >= 0.6 is 0 Å². The van der Waals surface area contributed by atoms with E-state index in [0.29, 0.717) is 11.9 Å². The molecule has 0 amide bonds. The second kappa shape index (κ2) is 6.27. The van der Waals surface area contributed by atoms with Crippen molar-refractivity contribution in [2.24, 2.45) is 0 Å². The summed E-state index contributed by atoms with van der Waals surface area (Å²) in [7, 11) is 1.70. The molecule has 1 aromatic heterocycles. The van der Waals surface area contributed by atoms with Gasteiger partial charge in [0.1, 0.15) is 18.0 Å². The van der Waals surface area contributed by atoms with E-state index >= 15 is 0 Å². The number of nitrogens with one attached hydrogen (secondary N) is 1. The third-order valence-electron chi connectivity index (χ3n) is 2.47. The maximum atomic E-state index is 5.79. The quantitative estimate of drug-likeness (QED) is 0.765. The zero-order valence-corrected chi connectivity index (χ0v) is 10.2. The lowest BCUT2D eigenvalue weighted by Gasteiger charge is -2.16. The summed E-state index contributed by atoms with van der Waals surface area (Å²) in [6, 6.07) is 0.305. The van der Waals surface area contributed by atoms with E-state index in [1.165, 1.54) is 6.33 Å². The molecule has 5 heteroatoms. The molecule has 90 valence electrons. The summed E-state index contributed by atoms with van der Waals surface area (Å²) in [6.07, 6.45) is 3.25. The van der Waals surface area contributed by atoms with Crippen molar-refractivity contribution in [3.05, 3.63) is 11.9 Å². The third kappa shape index (κ3) is 3.34. The lowest BCUT2D eigenvalue weighted by Crippen LogP contribution is -2.19. The molecule has 0 spiro atoms. The van der Waals surface area contributed by atoms with Crippen molar-refractivity contribution in [2.75, 3.05) is 24.8 Å². The van der Waals surface area contributed by atoms with E-state index in [0.717, 1.165) is 30.8 Å². The molecular formula is C11H20N4O. The summed E-state index contributed by atoms with van der Waals surface area (Å²) in [6.45, 7) is 4.87. The Balaban J connectivity index is 2.69. The fraction of sp³-hybridized carbons (Fsp3) is 0.636. The number of hydrogen-bond acceptors (Lipinski definition) is 5. The molecule has 0 fully saturated rings. The molecule has 1 unspecified atom stereocenters. The van der Waals surface area contributed by atoms with Gasteiger partial charge < -0.3 is 15.8 Å². The van der Waals surface area contributed by atoms with Crippen LogP contribution in [0.2, 0.25) is 0 Å². The molecule has 0 aliphatic heterocycles. The van der Waals surface area contributed by atoms with E-state index in [1.54, 1.807) is 7.11 Å². The van der Waals surface area contributed by atoms with E-state index in [9.17, 15) is 0 Å². The Morgan fingerprint density at radius 3 is 2.88 bits per heavy atom. The minimum atomic E-state index is 0.305.